The predicted molar refractivity (Wildman–Crippen MR) is 93.0 cm³/mol. The van der Waals surface area contributed by atoms with E-state index in [-0.39, 0.29) is 5.91 Å². The fourth-order valence-electron chi connectivity index (χ4n) is 2.91. The summed E-state index contributed by atoms with van der Waals surface area (Å²) >= 11 is 9.53. The average molecular weight is 406 g/mol. The van der Waals surface area contributed by atoms with E-state index in [2.05, 4.69) is 21.1 Å². The number of oxime groups is 1. The van der Waals surface area contributed by atoms with Gasteiger partial charge in [0.2, 0.25) is 12.0 Å². The number of anilines is 1. The third kappa shape index (κ3) is 2.25. The second-order valence-electron chi connectivity index (χ2n) is 5.45. The number of halogens is 2. The number of benzene rings is 2. The second kappa shape index (κ2) is 5.72. The predicted octanol–water partition coefficient (Wildman–Crippen LogP) is 3.40. The van der Waals surface area contributed by atoms with Crippen molar-refractivity contribution in [1.29, 1.82) is 0 Å². The number of carbonyl (C=O) groups excluding carboxylic acids is 2. The van der Waals surface area contributed by atoms with Crippen molar-refractivity contribution < 1.29 is 14.4 Å². The van der Waals surface area contributed by atoms with Gasteiger partial charge in [0.1, 0.15) is 11.6 Å². The first-order valence-corrected chi connectivity index (χ1v) is 8.37. The highest BCUT2D eigenvalue weighted by atomic mass is 79.9. The highest BCUT2D eigenvalue weighted by Crippen LogP contribution is 2.36. The van der Waals surface area contributed by atoms with Crippen LogP contribution < -0.4 is 4.90 Å². The van der Waals surface area contributed by atoms with Gasteiger partial charge in [0, 0.05) is 15.1 Å². The van der Waals surface area contributed by atoms with Gasteiger partial charge in [-0.2, -0.15) is 0 Å². The molecule has 0 aromatic heterocycles. The number of nitrogens with zero attached hydrogens (tertiary/aromatic N) is 2. The summed E-state index contributed by atoms with van der Waals surface area (Å²) in [5, 5.41) is 4.41. The van der Waals surface area contributed by atoms with Crippen LogP contribution in [0.15, 0.2) is 58.2 Å². The molecular weight excluding hydrogens is 396 g/mol. The molecule has 4 rings (SSSR count). The molecule has 2 heterocycles. The van der Waals surface area contributed by atoms with Crippen LogP contribution in [-0.2, 0) is 14.4 Å². The Morgan fingerprint density at radius 1 is 1.04 bits per heavy atom. The minimum atomic E-state index is -0.938. The monoisotopic (exact) mass is 404 g/mol. The van der Waals surface area contributed by atoms with Gasteiger partial charge in [-0.25, -0.2) is 4.90 Å². The van der Waals surface area contributed by atoms with Crippen LogP contribution >= 0.6 is 27.5 Å². The van der Waals surface area contributed by atoms with E-state index in [9.17, 15) is 9.59 Å². The summed E-state index contributed by atoms with van der Waals surface area (Å²) in [5.74, 6) is -1.55. The molecule has 0 spiro atoms. The maximum Gasteiger partial charge on any atom is 0.278 e. The van der Waals surface area contributed by atoms with Gasteiger partial charge < -0.3 is 4.84 Å². The Morgan fingerprint density at radius 3 is 2.46 bits per heavy atom. The average Bonchev–Trinajstić information content (AvgIpc) is 3.10. The Hall–Kier alpha value is -2.18. The molecule has 7 heteroatoms. The summed E-state index contributed by atoms with van der Waals surface area (Å²) in [5.41, 5.74) is 1.50. The number of fused-ring (bicyclic) bond motifs is 1. The minimum Gasteiger partial charge on any atom is -0.381 e. The molecule has 0 saturated carbocycles. The highest BCUT2D eigenvalue weighted by molar-refractivity contribution is 9.10. The van der Waals surface area contributed by atoms with E-state index < -0.39 is 17.9 Å². The topological polar surface area (TPSA) is 59.0 Å². The molecule has 0 unspecified atom stereocenters. The molecule has 0 radical (unpaired) electrons. The first-order valence-electron chi connectivity index (χ1n) is 7.20. The zero-order valence-electron chi connectivity index (χ0n) is 12.1. The zero-order valence-corrected chi connectivity index (χ0v) is 14.5. The van der Waals surface area contributed by atoms with Crippen molar-refractivity contribution in [3.05, 3.63) is 63.6 Å². The van der Waals surface area contributed by atoms with Crippen molar-refractivity contribution in [1.82, 2.24) is 0 Å². The van der Waals surface area contributed by atoms with E-state index in [0.29, 0.717) is 22.0 Å². The van der Waals surface area contributed by atoms with Crippen molar-refractivity contribution in [2.24, 2.45) is 11.1 Å². The lowest BCUT2D eigenvalue weighted by Crippen LogP contribution is -2.33. The quantitative estimate of drug-likeness (QED) is 0.720. The van der Waals surface area contributed by atoms with Crippen LogP contribution in [-0.4, -0.2) is 23.6 Å². The fourth-order valence-corrected chi connectivity index (χ4v) is 3.41. The molecular formula is C17H10BrClN2O3. The van der Waals surface area contributed by atoms with Gasteiger partial charge in [0.25, 0.3) is 5.91 Å². The van der Waals surface area contributed by atoms with E-state index in [1.54, 1.807) is 48.5 Å². The van der Waals surface area contributed by atoms with Crippen molar-refractivity contribution in [3.63, 3.8) is 0 Å². The Bertz CT molecular complexity index is 882. The first kappa shape index (κ1) is 15.4. The van der Waals surface area contributed by atoms with Crippen LogP contribution in [0.1, 0.15) is 5.56 Å². The van der Waals surface area contributed by atoms with Crippen LogP contribution in [0.3, 0.4) is 0 Å². The molecule has 2 atom stereocenters. The lowest BCUT2D eigenvalue weighted by atomic mass is 9.94. The van der Waals surface area contributed by atoms with Crippen LogP contribution in [0.4, 0.5) is 5.69 Å². The van der Waals surface area contributed by atoms with Gasteiger partial charge >= 0.3 is 0 Å². The van der Waals surface area contributed by atoms with Crippen LogP contribution in [0.2, 0.25) is 5.02 Å². The summed E-state index contributed by atoms with van der Waals surface area (Å²) in [6.07, 6.45) is -0.938. The molecule has 5 nitrogen and oxygen atoms in total. The normalized spacial score (nSPS) is 22.4. The summed E-state index contributed by atoms with van der Waals surface area (Å²) < 4.78 is 0.861. The highest BCUT2D eigenvalue weighted by Gasteiger charge is 2.56. The van der Waals surface area contributed by atoms with Gasteiger partial charge in [-0.3, -0.25) is 9.59 Å². The first-order chi connectivity index (χ1) is 11.6. The van der Waals surface area contributed by atoms with Crippen molar-refractivity contribution in [3.8, 4) is 0 Å². The maximum atomic E-state index is 12.9. The molecule has 2 amide bonds. The molecule has 2 aliphatic rings. The Morgan fingerprint density at radius 2 is 1.75 bits per heavy atom. The summed E-state index contributed by atoms with van der Waals surface area (Å²) in [6, 6.07) is 14.0. The number of imide groups is 1. The standard InChI is InChI=1S/C17H10BrClN2O3/c18-9-5-7-10(8-6-9)21-16(22)13-14(20-24-15(13)17(21)23)11-3-1-2-4-12(11)19/h1-8,13,15H/t13-,15-/m1/s1. The van der Waals surface area contributed by atoms with Crippen LogP contribution in [0.25, 0.3) is 0 Å². The van der Waals surface area contributed by atoms with E-state index >= 15 is 0 Å². The lowest BCUT2D eigenvalue weighted by Gasteiger charge is -2.15. The van der Waals surface area contributed by atoms with E-state index in [4.69, 9.17) is 16.4 Å². The molecule has 24 heavy (non-hydrogen) atoms. The van der Waals surface area contributed by atoms with E-state index in [1.807, 2.05) is 0 Å². The summed E-state index contributed by atoms with van der Waals surface area (Å²) in [4.78, 5) is 31.9. The van der Waals surface area contributed by atoms with Crippen LogP contribution in [0, 0.1) is 5.92 Å². The molecule has 120 valence electrons. The number of rotatable bonds is 2. The van der Waals surface area contributed by atoms with E-state index in [0.717, 1.165) is 9.37 Å². The number of hydrogen-bond acceptors (Lipinski definition) is 4. The molecule has 0 N–H and O–H groups in total. The smallest absolute Gasteiger partial charge is 0.278 e. The molecule has 2 aromatic carbocycles. The lowest BCUT2D eigenvalue weighted by molar-refractivity contribution is -0.126. The van der Waals surface area contributed by atoms with Gasteiger partial charge in [0.15, 0.2) is 0 Å². The Kier molecular flexibility index (Phi) is 3.66. The van der Waals surface area contributed by atoms with Gasteiger partial charge in [-0.05, 0) is 30.3 Å². The zero-order chi connectivity index (χ0) is 16.8. The molecule has 0 bridgehead atoms. The number of amides is 2. The molecule has 2 aromatic rings. The SMILES string of the molecule is O=C1[C@@H]2C(c3ccccc3Cl)=NO[C@H]2C(=O)N1c1ccc(Br)cc1. The number of hydrogen-bond donors (Lipinski definition) is 0. The summed E-state index contributed by atoms with van der Waals surface area (Å²) in [6.45, 7) is 0. The molecule has 1 saturated heterocycles. The Balaban J connectivity index is 1.73. The Labute approximate surface area is 151 Å². The summed E-state index contributed by atoms with van der Waals surface area (Å²) in [7, 11) is 0. The van der Waals surface area contributed by atoms with Crippen molar-refractivity contribution >= 4 is 50.7 Å². The third-order valence-corrected chi connectivity index (χ3v) is 4.91. The molecule has 1 fully saturated rings. The largest absolute Gasteiger partial charge is 0.381 e. The van der Waals surface area contributed by atoms with E-state index in [1.165, 1.54) is 0 Å². The maximum absolute atomic E-state index is 12.9. The van der Waals surface area contributed by atoms with Gasteiger partial charge in [0.05, 0.1) is 5.69 Å². The van der Waals surface area contributed by atoms with Crippen LogP contribution in [0.5, 0.6) is 0 Å². The van der Waals surface area contributed by atoms with Crippen molar-refractivity contribution in [2.45, 2.75) is 6.10 Å². The fraction of sp³-hybridized carbons (Fsp3) is 0.118. The minimum absolute atomic E-state index is 0.358. The second-order valence-corrected chi connectivity index (χ2v) is 6.77. The number of carbonyl (C=O) groups is 2. The molecule has 0 aliphatic carbocycles. The molecule has 2 aliphatic heterocycles. The van der Waals surface area contributed by atoms with Crippen molar-refractivity contribution in [2.75, 3.05) is 4.90 Å². The van der Waals surface area contributed by atoms with Gasteiger partial charge in [-0.1, -0.05) is 50.9 Å². The third-order valence-electron chi connectivity index (χ3n) is 4.05. The van der Waals surface area contributed by atoms with Gasteiger partial charge in [-0.15, -0.1) is 0 Å².